The van der Waals surface area contributed by atoms with Gasteiger partial charge in [0.2, 0.25) is 0 Å². The van der Waals surface area contributed by atoms with E-state index in [0.717, 1.165) is 6.42 Å². The van der Waals surface area contributed by atoms with Gasteiger partial charge in [-0.25, -0.2) is 9.97 Å². The van der Waals surface area contributed by atoms with E-state index in [1.165, 1.54) is 11.3 Å². The molecule has 2 atom stereocenters. The van der Waals surface area contributed by atoms with Gasteiger partial charge in [0.25, 0.3) is 0 Å². The Balaban J connectivity index is 2.48. The lowest BCUT2D eigenvalue weighted by atomic mass is 9.65. The summed E-state index contributed by atoms with van der Waals surface area (Å²) in [6, 6.07) is 0. The quantitative estimate of drug-likeness (QED) is 0.679. The lowest BCUT2D eigenvalue weighted by Gasteiger charge is -2.39. The Morgan fingerprint density at radius 2 is 1.71 bits per heavy atom. The molecule has 1 aliphatic carbocycles. The second kappa shape index (κ2) is 3.79. The summed E-state index contributed by atoms with van der Waals surface area (Å²) in [4.78, 5) is 8.74. The van der Waals surface area contributed by atoms with Crippen LogP contribution in [0.4, 0.5) is 0 Å². The van der Waals surface area contributed by atoms with Gasteiger partial charge in [-0.1, -0.05) is 41.5 Å². The van der Waals surface area contributed by atoms with Crippen molar-refractivity contribution in [3.63, 3.8) is 0 Å². The molecule has 2 heteroatoms. The van der Waals surface area contributed by atoms with Crippen molar-refractivity contribution in [2.75, 3.05) is 0 Å². The zero-order valence-corrected chi connectivity index (χ0v) is 11.9. The molecule has 0 N–H and O–H groups in total. The van der Waals surface area contributed by atoms with Crippen LogP contribution in [0.25, 0.3) is 0 Å². The highest BCUT2D eigenvalue weighted by Gasteiger charge is 2.45. The molecule has 1 aromatic rings. The third kappa shape index (κ3) is 2.22. The van der Waals surface area contributed by atoms with E-state index < -0.39 is 0 Å². The van der Waals surface area contributed by atoms with Crippen LogP contribution in [0.2, 0.25) is 0 Å². The van der Waals surface area contributed by atoms with Crippen LogP contribution in [0.15, 0.2) is 12.5 Å². The largest absolute Gasteiger partial charge is 0.245 e. The van der Waals surface area contributed by atoms with Crippen LogP contribution in [-0.2, 0) is 6.42 Å². The maximum atomic E-state index is 4.56. The van der Waals surface area contributed by atoms with E-state index in [1.807, 2.05) is 6.20 Å². The fraction of sp³-hybridized carbons (Fsp3) is 0.733. The molecular weight excluding hydrogens is 208 g/mol. The summed E-state index contributed by atoms with van der Waals surface area (Å²) in [6.07, 6.45) is 4.83. The number of hydrogen-bond donors (Lipinski definition) is 0. The van der Waals surface area contributed by atoms with Crippen LogP contribution in [0.1, 0.15) is 58.7 Å². The lowest BCUT2D eigenvalue weighted by Crippen LogP contribution is -2.32. The summed E-state index contributed by atoms with van der Waals surface area (Å²) in [5.74, 6) is 1.20. The highest BCUT2D eigenvalue weighted by molar-refractivity contribution is 5.30. The molecule has 0 radical (unpaired) electrons. The van der Waals surface area contributed by atoms with Gasteiger partial charge in [-0.15, -0.1) is 0 Å². The average molecular weight is 232 g/mol. The number of nitrogens with zero attached hydrogens (tertiary/aromatic N) is 2. The van der Waals surface area contributed by atoms with Gasteiger partial charge in [0.15, 0.2) is 0 Å². The van der Waals surface area contributed by atoms with Crippen molar-refractivity contribution in [3.8, 4) is 0 Å². The Morgan fingerprint density at radius 3 is 2.24 bits per heavy atom. The molecule has 2 rings (SSSR count). The van der Waals surface area contributed by atoms with E-state index in [-0.39, 0.29) is 5.41 Å². The van der Waals surface area contributed by atoms with Crippen molar-refractivity contribution in [3.05, 3.63) is 23.8 Å². The maximum absolute atomic E-state index is 4.56. The number of aromatic nitrogens is 2. The summed E-state index contributed by atoms with van der Waals surface area (Å²) in [7, 11) is 0. The first-order valence-corrected chi connectivity index (χ1v) is 6.50. The predicted octanol–water partition coefficient (Wildman–Crippen LogP) is 3.82. The van der Waals surface area contributed by atoms with Gasteiger partial charge in [0.05, 0.1) is 5.69 Å². The first kappa shape index (κ1) is 12.5. The van der Waals surface area contributed by atoms with Gasteiger partial charge in [0, 0.05) is 12.1 Å². The van der Waals surface area contributed by atoms with Crippen molar-refractivity contribution >= 4 is 0 Å². The van der Waals surface area contributed by atoms with Crippen LogP contribution >= 0.6 is 0 Å². The predicted molar refractivity (Wildman–Crippen MR) is 70.9 cm³/mol. The number of rotatable bonds is 0. The SMILES string of the molecule is CC(C)(C)C1Cc2cncnc2C1C(C)(C)C. The smallest absolute Gasteiger partial charge is 0.115 e. The van der Waals surface area contributed by atoms with Crippen molar-refractivity contribution < 1.29 is 0 Å². The average Bonchev–Trinajstić information content (AvgIpc) is 2.54. The standard InChI is InChI=1S/C15H24N2/c1-14(2,3)11-7-10-8-16-9-17-13(10)12(11)15(4,5)6/h8-9,11-12H,7H2,1-6H3. The Kier molecular flexibility index (Phi) is 2.80. The second-order valence-corrected chi connectivity index (χ2v) is 7.45. The van der Waals surface area contributed by atoms with E-state index in [0.29, 0.717) is 17.3 Å². The van der Waals surface area contributed by atoms with E-state index in [9.17, 15) is 0 Å². The van der Waals surface area contributed by atoms with Crippen LogP contribution in [0.3, 0.4) is 0 Å². The van der Waals surface area contributed by atoms with E-state index >= 15 is 0 Å². The summed E-state index contributed by atoms with van der Waals surface area (Å²) < 4.78 is 0. The molecule has 1 aliphatic rings. The van der Waals surface area contributed by atoms with Gasteiger partial charge >= 0.3 is 0 Å². The molecule has 94 valence electrons. The van der Waals surface area contributed by atoms with Crippen LogP contribution < -0.4 is 0 Å². The van der Waals surface area contributed by atoms with Gasteiger partial charge in [-0.05, 0) is 28.7 Å². The Bertz CT molecular complexity index is 410. The van der Waals surface area contributed by atoms with E-state index in [2.05, 4.69) is 51.5 Å². The number of fused-ring (bicyclic) bond motifs is 1. The van der Waals surface area contributed by atoms with Gasteiger partial charge < -0.3 is 0 Å². The fourth-order valence-corrected chi connectivity index (χ4v) is 3.17. The first-order chi connectivity index (χ1) is 7.71. The van der Waals surface area contributed by atoms with Gasteiger partial charge in [-0.3, -0.25) is 0 Å². The molecule has 0 aliphatic heterocycles. The third-order valence-corrected chi connectivity index (χ3v) is 4.01. The Morgan fingerprint density at radius 1 is 1.06 bits per heavy atom. The molecule has 0 saturated carbocycles. The summed E-state index contributed by atoms with van der Waals surface area (Å²) in [6.45, 7) is 14.0. The Hall–Kier alpha value is -0.920. The fourth-order valence-electron chi connectivity index (χ4n) is 3.17. The Labute approximate surface area is 105 Å². The maximum Gasteiger partial charge on any atom is 0.115 e. The van der Waals surface area contributed by atoms with Gasteiger partial charge in [-0.2, -0.15) is 0 Å². The van der Waals surface area contributed by atoms with E-state index in [4.69, 9.17) is 0 Å². The monoisotopic (exact) mass is 232 g/mol. The molecule has 0 saturated heterocycles. The molecular formula is C15H24N2. The topological polar surface area (TPSA) is 25.8 Å². The summed E-state index contributed by atoms with van der Waals surface area (Å²) in [5.41, 5.74) is 3.22. The minimum atomic E-state index is 0.261. The molecule has 2 unspecified atom stereocenters. The molecule has 0 spiro atoms. The molecule has 1 aromatic heterocycles. The molecule has 17 heavy (non-hydrogen) atoms. The molecule has 0 bridgehead atoms. The summed E-state index contributed by atoms with van der Waals surface area (Å²) in [5, 5.41) is 0. The van der Waals surface area contributed by atoms with Crippen LogP contribution in [0.5, 0.6) is 0 Å². The molecule has 1 heterocycles. The normalized spacial score (nSPS) is 24.8. The molecule has 0 aromatic carbocycles. The molecule has 0 fully saturated rings. The second-order valence-electron chi connectivity index (χ2n) is 7.45. The van der Waals surface area contributed by atoms with Crippen LogP contribution in [-0.4, -0.2) is 9.97 Å². The van der Waals surface area contributed by atoms with E-state index in [1.54, 1.807) is 6.33 Å². The first-order valence-electron chi connectivity index (χ1n) is 6.50. The zero-order chi connectivity index (χ0) is 12.8. The van der Waals surface area contributed by atoms with Crippen molar-refractivity contribution in [2.45, 2.75) is 53.9 Å². The minimum absolute atomic E-state index is 0.261. The highest BCUT2D eigenvalue weighted by Crippen LogP contribution is 2.53. The van der Waals surface area contributed by atoms with Crippen molar-refractivity contribution in [2.24, 2.45) is 16.7 Å². The molecule has 2 nitrogen and oxygen atoms in total. The summed E-state index contributed by atoms with van der Waals surface area (Å²) >= 11 is 0. The lowest BCUT2D eigenvalue weighted by molar-refractivity contribution is 0.140. The van der Waals surface area contributed by atoms with Crippen molar-refractivity contribution in [1.82, 2.24) is 9.97 Å². The highest BCUT2D eigenvalue weighted by atomic mass is 14.8. The van der Waals surface area contributed by atoms with Crippen molar-refractivity contribution in [1.29, 1.82) is 0 Å². The minimum Gasteiger partial charge on any atom is -0.245 e. The number of hydrogen-bond acceptors (Lipinski definition) is 2. The molecule has 0 amide bonds. The zero-order valence-electron chi connectivity index (χ0n) is 11.9. The van der Waals surface area contributed by atoms with Gasteiger partial charge in [0.1, 0.15) is 6.33 Å². The third-order valence-electron chi connectivity index (χ3n) is 4.01. The van der Waals surface area contributed by atoms with Crippen LogP contribution in [0, 0.1) is 16.7 Å².